The highest BCUT2D eigenvalue weighted by Crippen LogP contribution is 2.19. The summed E-state index contributed by atoms with van der Waals surface area (Å²) in [4.78, 5) is 29.0. The largest absolute Gasteiger partial charge is 0.336 e. The zero-order valence-corrected chi connectivity index (χ0v) is 17.6. The number of carbonyl (C=O) groups excluding carboxylic acids is 2. The lowest BCUT2D eigenvalue weighted by Crippen LogP contribution is -2.47. The van der Waals surface area contributed by atoms with Gasteiger partial charge in [0.1, 0.15) is 0 Å². The summed E-state index contributed by atoms with van der Waals surface area (Å²) in [5, 5.41) is 6.34. The summed E-state index contributed by atoms with van der Waals surface area (Å²) < 4.78 is 0. The lowest BCUT2D eigenvalue weighted by Gasteiger charge is -2.32. The minimum Gasteiger partial charge on any atom is -0.336 e. The summed E-state index contributed by atoms with van der Waals surface area (Å²) in [6.45, 7) is 6.35. The molecule has 2 fully saturated rings. The van der Waals surface area contributed by atoms with Crippen molar-refractivity contribution in [1.82, 2.24) is 15.1 Å². The number of rotatable bonds is 3. The van der Waals surface area contributed by atoms with Crippen LogP contribution < -0.4 is 10.6 Å². The molecule has 2 N–H and O–H groups in total. The second kappa shape index (κ2) is 10.9. The average Bonchev–Trinajstić information content (AvgIpc) is 2.62. The molecular formula is C19H30Cl2N4O2. The van der Waals surface area contributed by atoms with Crippen molar-refractivity contribution in [3.05, 3.63) is 29.8 Å². The molecule has 8 heteroatoms. The Bertz CT molecular complexity index is 619. The van der Waals surface area contributed by atoms with Gasteiger partial charge in [0.15, 0.2) is 0 Å². The molecule has 0 radical (unpaired) electrons. The number of hydrogen-bond acceptors (Lipinski definition) is 4. The van der Waals surface area contributed by atoms with Crippen LogP contribution in [0.25, 0.3) is 0 Å². The van der Waals surface area contributed by atoms with Crippen molar-refractivity contribution in [3.8, 4) is 0 Å². The van der Waals surface area contributed by atoms with Crippen molar-refractivity contribution >= 4 is 42.3 Å². The SMILES string of the molecule is C[C@H]1C[C@@H](C(=O)Nc2ccc(C(=O)N3CCN(C)CC3)cc2)CCN1.Cl.Cl. The van der Waals surface area contributed by atoms with Crippen molar-refractivity contribution in [2.75, 3.05) is 45.1 Å². The van der Waals surface area contributed by atoms with Crippen LogP contribution in [0.4, 0.5) is 5.69 Å². The smallest absolute Gasteiger partial charge is 0.253 e. The summed E-state index contributed by atoms with van der Waals surface area (Å²) >= 11 is 0. The van der Waals surface area contributed by atoms with Crippen LogP contribution >= 0.6 is 24.8 Å². The van der Waals surface area contributed by atoms with E-state index >= 15 is 0 Å². The second-order valence-electron chi connectivity index (χ2n) is 7.24. The van der Waals surface area contributed by atoms with E-state index < -0.39 is 0 Å². The zero-order valence-electron chi connectivity index (χ0n) is 15.9. The van der Waals surface area contributed by atoms with Crippen LogP contribution in [0.15, 0.2) is 24.3 Å². The highest BCUT2D eigenvalue weighted by atomic mass is 35.5. The van der Waals surface area contributed by atoms with Crippen molar-refractivity contribution in [1.29, 1.82) is 0 Å². The van der Waals surface area contributed by atoms with Gasteiger partial charge in [-0.05, 0) is 57.6 Å². The number of nitrogens with zero attached hydrogens (tertiary/aromatic N) is 2. The molecule has 0 saturated carbocycles. The maximum absolute atomic E-state index is 12.5. The van der Waals surface area contributed by atoms with Crippen molar-refractivity contribution < 1.29 is 9.59 Å². The number of amides is 2. The highest BCUT2D eigenvalue weighted by Gasteiger charge is 2.25. The summed E-state index contributed by atoms with van der Waals surface area (Å²) in [6, 6.07) is 7.65. The van der Waals surface area contributed by atoms with Crippen LogP contribution in [0.5, 0.6) is 0 Å². The fraction of sp³-hybridized carbons (Fsp3) is 0.579. The number of carbonyl (C=O) groups is 2. The first kappa shape index (κ1) is 23.7. The number of benzene rings is 1. The molecule has 0 bridgehead atoms. The first-order valence-corrected chi connectivity index (χ1v) is 9.15. The van der Waals surface area contributed by atoms with Gasteiger partial charge in [0.25, 0.3) is 5.91 Å². The molecule has 0 unspecified atom stereocenters. The van der Waals surface area contributed by atoms with E-state index in [2.05, 4.69) is 29.5 Å². The number of hydrogen-bond donors (Lipinski definition) is 2. The Morgan fingerprint density at radius 3 is 2.30 bits per heavy atom. The van der Waals surface area contributed by atoms with E-state index in [-0.39, 0.29) is 42.5 Å². The third kappa shape index (κ3) is 6.35. The maximum atomic E-state index is 12.5. The predicted octanol–water partition coefficient (Wildman–Crippen LogP) is 2.24. The topological polar surface area (TPSA) is 64.7 Å². The van der Waals surface area contributed by atoms with Crippen molar-refractivity contribution in [2.24, 2.45) is 5.92 Å². The number of anilines is 1. The Morgan fingerprint density at radius 1 is 1.07 bits per heavy atom. The minimum absolute atomic E-state index is 0. The number of halogens is 2. The van der Waals surface area contributed by atoms with Crippen LogP contribution in [0.1, 0.15) is 30.1 Å². The van der Waals surface area contributed by atoms with Crippen molar-refractivity contribution in [3.63, 3.8) is 0 Å². The minimum atomic E-state index is 0. The molecular weight excluding hydrogens is 387 g/mol. The molecule has 2 atom stereocenters. The third-order valence-electron chi connectivity index (χ3n) is 5.18. The molecule has 27 heavy (non-hydrogen) atoms. The standard InChI is InChI=1S/C19H28N4O2.2ClH/c1-14-13-16(7-8-20-14)18(24)21-17-5-3-15(4-6-17)19(25)23-11-9-22(2)10-12-23;;/h3-6,14,16,20H,7-13H2,1-2H3,(H,21,24);2*1H/t14-,16-;;/m0../s1. The zero-order chi connectivity index (χ0) is 17.8. The maximum Gasteiger partial charge on any atom is 0.253 e. The van der Waals surface area contributed by atoms with E-state index in [0.717, 1.165) is 51.3 Å². The van der Waals surface area contributed by atoms with Gasteiger partial charge in [0, 0.05) is 49.4 Å². The molecule has 0 aromatic heterocycles. The van der Waals surface area contributed by atoms with Gasteiger partial charge in [-0.1, -0.05) is 0 Å². The third-order valence-corrected chi connectivity index (χ3v) is 5.18. The van der Waals surface area contributed by atoms with E-state index in [1.54, 1.807) is 12.1 Å². The summed E-state index contributed by atoms with van der Waals surface area (Å²) in [5.74, 6) is 0.201. The van der Waals surface area contributed by atoms with Gasteiger partial charge in [0.05, 0.1) is 0 Å². The Hall–Kier alpha value is -1.34. The van der Waals surface area contributed by atoms with Gasteiger partial charge in [-0.15, -0.1) is 24.8 Å². The molecule has 0 aliphatic carbocycles. The first-order chi connectivity index (χ1) is 12.0. The number of likely N-dealkylation sites (N-methyl/N-ethyl adjacent to an activating group) is 1. The molecule has 6 nitrogen and oxygen atoms in total. The van der Waals surface area contributed by atoms with Crippen LogP contribution in [-0.2, 0) is 4.79 Å². The van der Waals surface area contributed by atoms with E-state index in [1.165, 1.54) is 0 Å². The van der Waals surface area contributed by atoms with Crippen LogP contribution in [0.2, 0.25) is 0 Å². The van der Waals surface area contributed by atoms with Crippen LogP contribution in [0, 0.1) is 5.92 Å². The predicted molar refractivity (Wildman–Crippen MR) is 113 cm³/mol. The molecule has 1 aromatic carbocycles. The Labute approximate surface area is 173 Å². The molecule has 3 rings (SSSR count). The molecule has 0 spiro atoms. The van der Waals surface area contributed by atoms with E-state index in [1.807, 2.05) is 17.0 Å². The average molecular weight is 417 g/mol. The summed E-state index contributed by atoms with van der Waals surface area (Å²) in [6.07, 6.45) is 1.74. The molecule has 152 valence electrons. The van der Waals surface area contributed by atoms with E-state index in [9.17, 15) is 9.59 Å². The number of piperazine rings is 1. The summed E-state index contributed by atoms with van der Waals surface area (Å²) in [5.41, 5.74) is 1.43. The molecule has 2 heterocycles. The fourth-order valence-corrected chi connectivity index (χ4v) is 3.50. The fourth-order valence-electron chi connectivity index (χ4n) is 3.50. The molecule has 2 aliphatic rings. The Balaban J connectivity index is 0.00000182. The normalized spacial score (nSPS) is 23.0. The lowest BCUT2D eigenvalue weighted by atomic mass is 9.92. The first-order valence-electron chi connectivity index (χ1n) is 9.15. The Kier molecular flexibility index (Phi) is 9.53. The second-order valence-corrected chi connectivity index (χ2v) is 7.24. The molecule has 2 aliphatic heterocycles. The number of nitrogens with one attached hydrogen (secondary N) is 2. The van der Waals surface area contributed by atoms with E-state index in [4.69, 9.17) is 0 Å². The van der Waals surface area contributed by atoms with Gasteiger partial charge in [0.2, 0.25) is 5.91 Å². The molecule has 1 aromatic rings. The van der Waals surface area contributed by atoms with Gasteiger partial charge in [-0.25, -0.2) is 0 Å². The number of piperidine rings is 1. The quantitative estimate of drug-likeness (QED) is 0.792. The lowest BCUT2D eigenvalue weighted by molar-refractivity contribution is -0.120. The van der Waals surface area contributed by atoms with Crippen molar-refractivity contribution in [2.45, 2.75) is 25.8 Å². The Morgan fingerprint density at radius 2 is 1.70 bits per heavy atom. The monoisotopic (exact) mass is 416 g/mol. The van der Waals surface area contributed by atoms with Gasteiger partial charge in [-0.3, -0.25) is 9.59 Å². The molecule has 2 amide bonds. The van der Waals surface area contributed by atoms with Crippen LogP contribution in [0.3, 0.4) is 0 Å². The molecule has 2 saturated heterocycles. The highest BCUT2D eigenvalue weighted by molar-refractivity contribution is 5.96. The van der Waals surface area contributed by atoms with E-state index in [0.29, 0.717) is 11.6 Å². The van der Waals surface area contributed by atoms with Crippen LogP contribution in [-0.4, -0.2) is 67.4 Å². The van der Waals surface area contributed by atoms with Gasteiger partial charge < -0.3 is 20.4 Å². The van der Waals surface area contributed by atoms with Gasteiger partial charge in [-0.2, -0.15) is 0 Å². The summed E-state index contributed by atoms with van der Waals surface area (Å²) in [7, 11) is 2.07. The van der Waals surface area contributed by atoms with Gasteiger partial charge >= 0.3 is 0 Å².